The molecular formula is C49H68O6Ti. The summed E-state index contributed by atoms with van der Waals surface area (Å²) in [5.74, 6) is 4.47. The molecule has 3 unspecified atom stereocenters. The van der Waals surface area contributed by atoms with Crippen LogP contribution in [0.3, 0.4) is 0 Å². The van der Waals surface area contributed by atoms with Crippen LogP contribution in [0.15, 0.2) is 72.3 Å². The number of ketones is 4. The van der Waals surface area contributed by atoms with E-state index in [9.17, 15) is 24.3 Å². The predicted molar refractivity (Wildman–Crippen MR) is 219 cm³/mol. The Morgan fingerprint density at radius 1 is 0.768 bits per heavy atom. The second-order valence-corrected chi connectivity index (χ2v) is 17.4. The van der Waals surface area contributed by atoms with Crippen LogP contribution >= 0.6 is 0 Å². The van der Waals surface area contributed by atoms with Gasteiger partial charge in [0.2, 0.25) is 0 Å². The van der Waals surface area contributed by atoms with E-state index in [4.69, 9.17) is 5.11 Å². The standard InChI is InChI=1S/C27H45O.2C10H9O2.C2H5O.Ti/c1-18(2)7-6-8-19(3)23-11-12-24-22-10-9-20-17-21(28)13-15-26(20,4)25(22)14-16-27(23,24)5;2*1-8(11)7-10(12)9-5-3-2-4-6-9;1-2-3;/h9,18-19,21-25H,6-8,10-17H2,1-5H3;2*2-7H,1H3;2H2,1H3;/q4*-1;+4/t19?,21-,22-,23+,24?,25?,26-,27+;;;;/m0..../s1. The molecule has 3 fully saturated rings. The van der Waals surface area contributed by atoms with Gasteiger partial charge in [0.25, 0.3) is 0 Å². The summed E-state index contributed by atoms with van der Waals surface area (Å²) < 4.78 is 0. The first kappa shape index (κ1) is 49.4. The van der Waals surface area contributed by atoms with Crippen molar-refractivity contribution in [3.63, 3.8) is 0 Å². The van der Waals surface area contributed by atoms with E-state index < -0.39 is 0 Å². The number of Topliss-reactive ketones (excluding diaryl/α,β-unsaturated/α-hetero) is 4. The largest absolute Gasteiger partial charge is 4.00 e. The molecule has 3 saturated carbocycles. The smallest absolute Gasteiger partial charge is 0.855 e. The third-order valence-electron chi connectivity index (χ3n) is 13.0. The Kier molecular flexibility index (Phi) is 20.8. The molecule has 0 radical (unpaired) electrons. The number of carbonyl (C=O) groups excluding carboxylic acids is 4. The molecule has 0 aliphatic heterocycles. The van der Waals surface area contributed by atoms with Crippen LogP contribution in [0.25, 0.3) is 0 Å². The summed E-state index contributed by atoms with van der Waals surface area (Å²) in [6.07, 6.45) is 18.7. The molecule has 0 bridgehead atoms. The van der Waals surface area contributed by atoms with Gasteiger partial charge in [-0.15, -0.1) is 60.9 Å². The second-order valence-electron chi connectivity index (χ2n) is 17.4. The van der Waals surface area contributed by atoms with Crippen LogP contribution in [0.5, 0.6) is 0 Å². The van der Waals surface area contributed by atoms with Crippen LogP contribution in [0.2, 0.25) is 0 Å². The number of hydrogen-bond donors (Lipinski definition) is 0. The van der Waals surface area contributed by atoms with E-state index in [1.807, 2.05) is 12.1 Å². The van der Waals surface area contributed by atoms with Gasteiger partial charge >= 0.3 is 21.7 Å². The average molecular weight is 801 g/mol. The molecule has 0 N–H and O–H groups in total. The molecule has 6 nitrogen and oxygen atoms in total. The van der Waals surface area contributed by atoms with Gasteiger partial charge in [0, 0.05) is 11.6 Å². The maximum absolute atomic E-state index is 12.1. The average Bonchev–Trinajstić information content (AvgIpc) is 3.50. The molecule has 0 heterocycles. The van der Waals surface area contributed by atoms with Crippen LogP contribution in [-0.2, 0) is 31.3 Å². The number of carbonyl (C=O) groups is 4. The minimum atomic E-state index is -0.327. The van der Waals surface area contributed by atoms with Crippen molar-refractivity contribution >= 4 is 23.1 Å². The fourth-order valence-corrected chi connectivity index (χ4v) is 10.4. The molecule has 0 amide bonds. The summed E-state index contributed by atoms with van der Waals surface area (Å²) in [7, 11) is 0. The zero-order valence-electron chi connectivity index (χ0n) is 35.5. The van der Waals surface area contributed by atoms with Crippen LogP contribution in [0.1, 0.15) is 147 Å². The zero-order valence-corrected chi connectivity index (χ0v) is 37.0. The molecule has 7 heteroatoms. The molecule has 8 atom stereocenters. The fraction of sp³-hybridized carbons (Fsp3) is 0.592. The van der Waals surface area contributed by atoms with Crippen molar-refractivity contribution in [2.75, 3.05) is 6.61 Å². The van der Waals surface area contributed by atoms with Gasteiger partial charge in [0.1, 0.15) is 0 Å². The minimum Gasteiger partial charge on any atom is -0.855 e. The summed E-state index contributed by atoms with van der Waals surface area (Å²) in [4.78, 5) is 43.5. The summed E-state index contributed by atoms with van der Waals surface area (Å²) >= 11 is 0. The Balaban J connectivity index is 0.000000321. The Morgan fingerprint density at radius 3 is 1.77 bits per heavy atom. The first-order valence-electron chi connectivity index (χ1n) is 20.9. The van der Waals surface area contributed by atoms with Crippen molar-refractivity contribution in [2.24, 2.45) is 46.3 Å². The van der Waals surface area contributed by atoms with Gasteiger partial charge in [-0.2, -0.15) is 0 Å². The van der Waals surface area contributed by atoms with Gasteiger partial charge in [0.05, 0.1) is 11.6 Å². The van der Waals surface area contributed by atoms with Crippen molar-refractivity contribution in [1.82, 2.24) is 0 Å². The van der Waals surface area contributed by atoms with E-state index in [0.717, 1.165) is 67.6 Å². The molecule has 2 aromatic carbocycles. The van der Waals surface area contributed by atoms with Crippen molar-refractivity contribution in [3.05, 3.63) is 96.3 Å². The van der Waals surface area contributed by atoms with Crippen molar-refractivity contribution < 1.29 is 51.1 Å². The summed E-state index contributed by atoms with van der Waals surface area (Å²) in [6, 6.07) is 17.4. The minimum absolute atomic E-state index is 0. The molecule has 56 heavy (non-hydrogen) atoms. The third-order valence-corrected chi connectivity index (χ3v) is 13.0. The molecule has 6 rings (SSSR count). The van der Waals surface area contributed by atoms with E-state index >= 15 is 0 Å². The van der Waals surface area contributed by atoms with Crippen molar-refractivity contribution in [2.45, 2.75) is 132 Å². The third kappa shape index (κ3) is 13.7. The molecule has 0 aromatic heterocycles. The SMILES string of the molecule is CC(=O)[CH-]C(=O)c1ccccc1.CC(=O)[CH-]C(=O)c1ccccc1.CC(C)CCCC(C)[C@H]1CCC2[C@@H]3CC=C4C[C@@H]([O-])CC[C@]4(C)C3CC[C@@]21C.CC[O-].[Ti+4]. The molecule has 0 spiro atoms. The molecule has 4 aliphatic carbocycles. The first-order valence-corrected chi connectivity index (χ1v) is 20.9. The van der Waals surface area contributed by atoms with Crippen molar-refractivity contribution in [3.8, 4) is 0 Å². The number of rotatable bonds is 11. The molecule has 0 saturated heterocycles. The first-order chi connectivity index (χ1) is 26.1. The summed E-state index contributed by atoms with van der Waals surface area (Å²) in [6.45, 7) is 16.8. The van der Waals surface area contributed by atoms with E-state index in [0.29, 0.717) is 22.0 Å². The van der Waals surface area contributed by atoms with E-state index in [1.165, 1.54) is 65.2 Å². The topological polar surface area (TPSA) is 114 Å². The molecular weight excluding hydrogens is 732 g/mol. The van der Waals surface area contributed by atoms with Gasteiger partial charge in [-0.1, -0.05) is 115 Å². The van der Waals surface area contributed by atoms with Crippen LogP contribution < -0.4 is 10.2 Å². The quantitative estimate of drug-likeness (QED) is 0.0736. The van der Waals surface area contributed by atoms with E-state index in [2.05, 4.69) is 40.7 Å². The van der Waals surface area contributed by atoms with Crippen LogP contribution in [0, 0.1) is 59.2 Å². The van der Waals surface area contributed by atoms with Gasteiger partial charge in [0.15, 0.2) is 0 Å². The maximum Gasteiger partial charge on any atom is 4.00 e. The zero-order chi connectivity index (χ0) is 40.8. The van der Waals surface area contributed by atoms with Crippen molar-refractivity contribution in [1.29, 1.82) is 0 Å². The Labute approximate surface area is 354 Å². The van der Waals surface area contributed by atoms with Crippen LogP contribution in [-0.4, -0.2) is 35.8 Å². The van der Waals surface area contributed by atoms with Gasteiger partial charge in [-0.05, 0) is 105 Å². The fourth-order valence-electron chi connectivity index (χ4n) is 10.4. The number of fused-ring (bicyclic) bond motifs is 5. The van der Waals surface area contributed by atoms with Gasteiger partial charge in [-0.3, -0.25) is 0 Å². The second kappa shape index (κ2) is 23.6. The Morgan fingerprint density at radius 2 is 1.29 bits per heavy atom. The Hall–Kier alpha value is -2.77. The number of hydrogen-bond acceptors (Lipinski definition) is 6. The summed E-state index contributed by atoms with van der Waals surface area (Å²) in [5.41, 5.74) is 3.59. The maximum atomic E-state index is 12.1. The number of benzene rings is 2. The monoisotopic (exact) mass is 800 g/mol. The van der Waals surface area contributed by atoms with Gasteiger partial charge < -0.3 is 29.4 Å². The normalized spacial score (nSPS) is 27.5. The number of allylic oxidation sites excluding steroid dienone is 1. The van der Waals surface area contributed by atoms with E-state index in [-0.39, 0.29) is 57.6 Å². The van der Waals surface area contributed by atoms with Gasteiger partial charge in [-0.25, -0.2) is 0 Å². The molecule has 304 valence electrons. The molecule has 4 aliphatic rings. The van der Waals surface area contributed by atoms with E-state index in [1.54, 1.807) is 61.0 Å². The summed E-state index contributed by atoms with van der Waals surface area (Å²) in [5, 5.41) is 21.1. The molecule has 2 aromatic rings. The Bertz CT molecular complexity index is 1490. The predicted octanol–water partition coefficient (Wildman–Crippen LogP) is 9.45. The van der Waals surface area contributed by atoms with Crippen LogP contribution in [0.4, 0.5) is 0 Å².